The number of methoxy groups -OCH3 is 1. The van der Waals surface area contributed by atoms with Gasteiger partial charge in [0, 0.05) is 32.3 Å². The van der Waals surface area contributed by atoms with Crippen LogP contribution >= 0.6 is 0 Å². The van der Waals surface area contributed by atoms with Crippen molar-refractivity contribution < 1.29 is 14.3 Å². The van der Waals surface area contributed by atoms with Gasteiger partial charge in [-0.05, 0) is 60.3 Å². The molecule has 1 saturated heterocycles. The van der Waals surface area contributed by atoms with Crippen molar-refractivity contribution in [1.29, 1.82) is 0 Å². The number of nitrogens with zero attached hydrogens (tertiary/aromatic N) is 1. The van der Waals surface area contributed by atoms with Crippen LogP contribution in [0.5, 0.6) is 0 Å². The minimum atomic E-state index is -0.434. The normalized spacial score (nSPS) is 23.8. The van der Waals surface area contributed by atoms with Crippen LogP contribution in [-0.4, -0.2) is 55.0 Å². The van der Waals surface area contributed by atoms with Crippen molar-refractivity contribution >= 4 is 6.09 Å². The number of carbonyl (C=O) groups is 1. The molecule has 1 amide bonds. The van der Waals surface area contributed by atoms with E-state index in [2.05, 4.69) is 26.1 Å². The summed E-state index contributed by atoms with van der Waals surface area (Å²) in [6, 6.07) is 0.634. The molecule has 0 saturated carbocycles. The molecule has 5 heteroatoms. The molecule has 0 bridgehead atoms. The second kappa shape index (κ2) is 8.16. The third-order valence-corrected chi connectivity index (χ3v) is 4.42. The van der Waals surface area contributed by atoms with Crippen molar-refractivity contribution in [1.82, 2.24) is 10.2 Å². The fourth-order valence-corrected chi connectivity index (χ4v) is 2.80. The lowest BCUT2D eigenvalue weighted by Crippen LogP contribution is -2.51. The zero-order valence-electron chi connectivity index (χ0n) is 15.3. The van der Waals surface area contributed by atoms with Crippen molar-refractivity contribution in [2.24, 2.45) is 5.92 Å². The van der Waals surface area contributed by atoms with Crippen LogP contribution in [0.4, 0.5) is 4.79 Å². The second-order valence-electron chi connectivity index (χ2n) is 7.51. The van der Waals surface area contributed by atoms with E-state index in [1.807, 2.05) is 25.7 Å². The van der Waals surface area contributed by atoms with Crippen LogP contribution in [-0.2, 0) is 9.47 Å². The predicted octanol–water partition coefficient (Wildman–Crippen LogP) is 3.04. The molecular formula is C17H34N2O3. The highest BCUT2D eigenvalue weighted by atomic mass is 16.6. The van der Waals surface area contributed by atoms with Crippen molar-refractivity contribution in [2.45, 2.75) is 78.2 Å². The Kier molecular flexibility index (Phi) is 7.13. The summed E-state index contributed by atoms with van der Waals surface area (Å²) in [6.45, 7) is 13.7. The molecule has 0 aromatic heterocycles. The average molecular weight is 314 g/mol. The van der Waals surface area contributed by atoms with Crippen LogP contribution in [0.3, 0.4) is 0 Å². The number of hydrogen-bond acceptors (Lipinski definition) is 4. The Hall–Kier alpha value is -0.810. The summed E-state index contributed by atoms with van der Waals surface area (Å²) >= 11 is 0. The largest absolute Gasteiger partial charge is 0.444 e. The van der Waals surface area contributed by atoms with E-state index in [1.54, 1.807) is 7.11 Å². The quantitative estimate of drug-likeness (QED) is 0.847. The van der Waals surface area contributed by atoms with Gasteiger partial charge in [0.15, 0.2) is 0 Å². The molecule has 1 aliphatic rings. The van der Waals surface area contributed by atoms with Gasteiger partial charge in [-0.25, -0.2) is 4.79 Å². The zero-order chi connectivity index (χ0) is 16.9. The number of carbonyl (C=O) groups excluding carboxylic acids is 1. The molecule has 5 nitrogen and oxygen atoms in total. The van der Waals surface area contributed by atoms with Gasteiger partial charge < -0.3 is 19.7 Å². The standard InChI is InChI=1S/C17H34N2O3/c1-12(14(3)21-7)18-13(2)15-9-8-10-19(11-15)16(20)22-17(4,5)6/h12-15,18H,8-11H2,1-7H3. The van der Waals surface area contributed by atoms with Crippen LogP contribution in [0.15, 0.2) is 0 Å². The first kappa shape index (κ1) is 19.2. The molecule has 1 fully saturated rings. The predicted molar refractivity (Wildman–Crippen MR) is 89.1 cm³/mol. The van der Waals surface area contributed by atoms with Gasteiger partial charge in [0.2, 0.25) is 0 Å². The summed E-state index contributed by atoms with van der Waals surface area (Å²) in [5.41, 5.74) is -0.434. The van der Waals surface area contributed by atoms with E-state index in [9.17, 15) is 4.79 Å². The third kappa shape index (κ3) is 6.13. The highest BCUT2D eigenvalue weighted by molar-refractivity contribution is 5.68. The number of likely N-dealkylation sites (tertiary alicyclic amines) is 1. The fraction of sp³-hybridized carbons (Fsp3) is 0.941. The number of rotatable bonds is 5. The Morgan fingerprint density at radius 1 is 1.27 bits per heavy atom. The SMILES string of the molecule is COC(C)C(C)NC(C)C1CCCN(C(=O)OC(C)(C)C)C1. The second-order valence-corrected chi connectivity index (χ2v) is 7.51. The van der Waals surface area contributed by atoms with Crippen LogP contribution < -0.4 is 5.32 Å². The first-order chi connectivity index (χ1) is 10.1. The number of amides is 1. The average Bonchev–Trinajstić information content (AvgIpc) is 2.44. The maximum Gasteiger partial charge on any atom is 0.410 e. The zero-order valence-corrected chi connectivity index (χ0v) is 15.3. The van der Waals surface area contributed by atoms with Crippen LogP contribution in [0, 0.1) is 5.92 Å². The summed E-state index contributed by atoms with van der Waals surface area (Å²) in [5.74, 6) is 0.452. The topological polar surface area (TPSA) is 50.8 Å². The Balaban J connectivity index is 2.53. The number of nitrogens with one attached hydrogen (secondary N) is 1. The Morgan fingerprint density at radius 2 is 1.91 bits per heavy atom. The van der Waals surface area contributed by atoms with Gasteiger partial charge in [-0.2, -0.15) is 0 Å². The van der Waals surface area contributed by atoms with Crippen LogP contribution in [0.2, 0.25) is 0 Å². The molecule has 0 spiro atoms. The summed E-state index contributed by atoms with van der Waals surface area (Å²) in [7, 11) is 1.73. The van der Waals surface area contributed by atoms with Gasteiger partial charge in [-0.3, -0.25) is 0 Å². The van der Waals surface area contributed by atoms with E-state index in [0.29, 0.717) is 12.0 Å². The molecule has 1 rings (SSSR count). The lowest BCUT2D eigenvalue weighted by Gasteiger charge is -2.38. The molecule has 0 radical (unpaired) electrons. The molecule has 0 aromatic rings. The molecule has 22 heavy (non-hydrogen) atoms. The van der Waals surface area contributed by atoms with E-state index in [0.717, 1.165) is 25.9 Å². The first-order valence-electron chi connectivity index (χ1n) is 8.40. The van der Waals surface area contributed by atoms with E-state index >= 15 is 0 Å². The van der Waals surface area contributed by atoms with E-state index in [-0.39, 0.29) is 18.2 Å². The van der Waals surface area contributed by atoms with Crippen molar-refractivity contribution in [3.63, 3.8) is 0 Å². The van der Waals surface area contributed by atoms with Gasteiger partial charge >= 0.3 is 6.09 Å². The maximum absolute atomic E-state index is 12.2. The van der Waals surface area contributed by atoms with E-state index < -0.39 is 5.60 Å². The summed E-state index contributed by atoms with van der Waals surface area (Å²) in [5, 5.41) is 3.60. The Labute approximate surface area is 135 Å². The van der Waals surface area contributed by atoms with E-state index in [1.165, 1.54) is 0 Å². The monoisotopic (exact) mass is 314 g/mol. The molecule has 1 N–H and O–H groups in total. The molecule has 4 unspecified atom stereocenters. The lowest BCUT2D eigenvalue weighted by atomic mass is 9.91. The van der Waals surface area contributed by atoms with Gasteiger partial charge in [-0.15, -0.1) is 0 Å². The first-order valence-corrected chi connectivity index (χ1v) is 8.40. The minimum Gasteiger partial charge on any atom is -0.444 e. The smallest absolute Gasteiger partial charge is 0.410 e. The third-order valence-electron chi connectivity index (χ3n) is 4.42. The summed E-state index contributed by atoms with van der Waals surface area (Å²) in [6.07, 6.45) is 2.15. The lowest BCUT2D eigenvalue weighted by molar-refractivity contribution is 0.0136. The van der Waals surface area contributed by atoms with Crippen LogP contribution in [0.1, 0.15) is 54.4 Å². The van der Waals surface area contributed by atoms with Crippen molar-refractivity contribution in [3.8, 4) is 0 Å². The molecule has 130 valence electrons. The maximum atomic E-state index is 12.2. The minimum absolute atomic E-state index is 0.174. The van der Waals surface area contributed by atoms with Crippen molar-refractivity contribution in [3.05, 3.63) is 0 Å². The molecule has 0 aliphatic carbocycles. The van der Waals surface area contributed by atoms with Gasteiger partial charge in [0.05, 0.1) is 6.10 Å². The number of piperidine rings is 1. The highest BCUT2D eigenvalue weighted by Crippen LogP contribution is 2.22. The Morgan fingerprint density at radius 3 is 2.45 bits per heavy atom. The molecule has 1 aliphatic heterocycles. The fourth-order valence-electron chi connectivity index (χ4n) is 2.80. The number of hydrogen-bond donors (Lipinski definition) is 1. The highest BCUT2D eigenvalue weighted by Gasteiger charge is 2.30. The molecule has 1 heterocycles. The van der Waals surface area contributed by atoms with Gasteiger partial charge in [0.25, 0.3) is 0 Å². The van der Waals surface area contributed by atoms with Gasteiger partial charge in [0.1, 0.15) is 5.60 Å². The molecule has 0 aromatic carbocycles. The summed E-state index contributed by atoms with van der Waals surface area (Å²) in [4.78, 5) is 14.1. The van der Waals surface area contributed by atoms with Crippen molar-refractivity contribution in [2.75, 3.05) is 20.2 Å². The van der Waals surface area contributed by atoms with E-state index in [4.69, 9.17) is 9.47 Å². The molecular weight excluding hydrogens is 280 g/mol. The number of ether oxygens (including phenoxy) is 2. The summed E-state index contributed by atoms with van der Waals surface area (Å²) < 4.78 is 10.9. The Bertz CT molecular complexity index is 354. The van der Waals surface area contributed by atoms with Gasteiger partial charge in [-0.1, -0.05) is 0 Å². The molecule has 4 atom stereocenters. The van der Waals surface area contributed by atoms with Crippen LogP contribution in [0.25, 0.3) is 0 Å².